The number of fused-ring (bicyclic) bond motifs is 1. The van der Waals surface area contributed by atoms with E-state index in [4.69, 9.17) is 14.2 Å². The van der Waals surface area contributed by atoms with Gasteiger partial charge in [-0.1, -0.05) is 36.0 Å². The van der Waals surface area contributed by atoms with Crippen molar-refractivity contribution in [3.05, 3.63) is 64.2 Å². The summed E-state index contributed by atoms with van der Waals surface area (Å²) in [4.78, 5) is 36.6. The molecule has 2 aromatic carbocycles. The van der Waals surface area contributed by atoms with Crippen molar-refractivity contribution in [2.45, 2.75) is 24.5 Å². The Morgan fingerprint density at radius 1 is 1.09 bits per heavy atom. The molecule has 1 aliphatic carbocycles. The molecule has 0 radical (unpaired) electrons. The number of hydrogen-bond acceptors (Lipinski definition) is 7. The highest BCUT2D eigenvalue weighted by Gasteiger charge is 2.33. The smallest absolute Gasteiger partial charge is 0.286 e. The predicted molar refractivity (Wildman–Crippen MR) is 121 cm³/mol. The molecule has 0 bridgehead atoms. The first kappa shape index (κ1) is 22.1. The van der Waals surface area contributed by atoms with Gasteiger partial charge in [0.05, 0.1) is 12.4 Å². The third kappa shape index (κ3) is 4.56. The molecule has 0 saturated carbocycles. The van der Waals surface area contributed by atoms with Gasteiger partial charge in [-0.15, -0.1) is 0 Å². The largest absolute Gasteiger partial charge is 0.493 e. The molecule has 0 spiro atoms. The van der Waals surface area contributed by atoms with Gasteiger partial charge in [-0.2, -0.15) is 0 Å². The lowest BCUT2D eigenvalue weighted by Crippen LogP contribution is -2.26. The Bertz CT molecular complexity index is 1110. The minimum atomic E-state index is -0.452. The van der Waals surface area contributed by atoms with E-state index < -0.39 is 5.25 Å². The molecule has 32 heavy (non-hydrogen) atoms. The number of hydrogen-bond donors (Lipinski definition) is 1. The Labute approximate surface area is 190 Å². The first-order valence-electron chi connectivity index (χ1n) is 10.2. The quantitative estimate of drug-likeness (QED) is 0.504. The summed E-state index contributed by atoms with van der Waals surface area (Å²) in [6.45, 7) is 0.115. The van der Waals surface area contributed by atoms with Gasteiger partial charge in [0.2, 0.25) is 5.91 Å². The summed E-state index contributed by atoms with van der Waals surface area (Å²) in [6.07, 6.45) is 3.59. The molecule has 166 valence electrons. The minimum absolute atomic E-state index is 0.0219. The van der Waals surface area contributed by atoms with Crippen LogP contribution in [0.3, 0.4) is 0 Å². The topological polar surface area (TPSA) is 90.9 Å². The van der Waals surface area contributed by atoms with Crippen molar-refractivity contribution >= 4 is 34.8 Å². The molecule has 4 rings (SSSR count). The number of rotatable bonds is 7. The molecule has 1 atom stereocenters. The molecule has 7 nitrogen and oxygen atoms in total. The van der Waals surface area contributed by atoms with Gasteiger partial charge in [-0.25, -0.2) is 0 Å². The second-order valence-corrected chi connectivity index (χ2v) is 8.67. The maximum Gasteiger partial charge on any atom is 0.286 e. The highest BCUT2D eigenvalue weighted by molar-refractivity contribution is 8.15. The highest BCUT2D eigenvalue weighted by atomic mass is 32.2. The number of nitrogens with one attached hydrogen (secondary N) is 1. The van der Waals surface area contributed by atoms with E-state index >= 15 is 0 Å². The van der Waals surface area contributed by atoms with Crippen LogP contribution in [0, 0.1) is 0 Å². The maximum atomic E-state index is 13.2. The van der Waals surface area contributed by atoms with E-state index in [9.17, 15) is 14.4 Å². The second-order valence-electron chi connectivity index (χ2n) is 7.49. The van der Waals surface area contributed by atoms with Gasteiger partial charge in [0.25, 0.3) is 5.24 Å². The number of Topliss-reactive ketones (excluding diaryl/α,β-unsaturated/α-hetero) is 1. The average molecular weight is 454 g/mol. The molecule has 2 amide bonds. The van der Waals surface area contributed by atoms with Gasteiger partial charge < -0.3 is 14.2 Å². The molecule has 0 aromatic heterocycles. The van der Waals surface area contributed by atoms with Crippen LogP contribution in [0.25, 0.3) is 6.08 Å². The lowest BCUT2D eigenvalue weighted by molar-refractivity contribution is -0.118. The van der Waals surface area contributed by atoms with E-state index in [1.54, 1.807) is 20.3 Å². The standard InChI is InChI=1S/C24H23NO6S/c1-29-13-31-19-9-6-14(11-20(19)30-2)10-16-7-8-17-15(4-3-5-18(17)22(16)26)12-21-23(27)25-24(28)32-21/h3-6,9-11,21H,7-8,12-13H2,1-2H3,(H,25,27,28). The molecule has 2 aromatic rings. The van der Waals surface area contributed by atoms with Crippen LogP contribution in [0.15, 0.2) is 42.0 Å². The van der Waals surface area contributed by atoms with Crippen LogP contribution in [-0.2, 0) is 22.4 Å². The van der Waals surface area contributed by atoms with E-state index in [1.165, 1.54) is 0 Å². The Balaban J connectivity index is 1.57. The Hall–Kier alpha value is -3.10. The lowest BCUT2D eigenvalue weighted by Gasteiger charge is -2.21. The highest BCUT2D eigenvalue weighted by Crippen LogP contribution is 2.33. The molecule has 1 aliphatic heterocycles. The summed E-state index contributed by atoms with van der Waals surface area (Å²) in [5.41, 5.74) is 4.11. The summed E-state index contributed by atoms with van der Waals surface area (Å²) < 4.78 is 15.8. The molecule has 1 heterocycles. The molecule has 8 heteroatoms. The number of carbonyl (C=O) groups excluding carboxylic acids is 3. The number of allylic oxidation sites excluding steroid dienone is 1. The predicted octanol–water partition coefficient (Wildman–Crippen LogP) is 3.78. The molecule has 1 unspecified atom stereocenters. The zero-order valence-corrected chi connectivity index (χ0v) is 18.6. The van der Waals surface area contributed by atoms with Crippen molar-refractivity contribution in [1.82, 2.24) is 5.32 Å². The minimum Gasteiger partial charge on any atom is -0.493 e. The summed E-state index contributed by atoms with van der Waals surface area (Å²) in [5, 5.41) is 1.55. The molecule has 1 N–H and O–H groups in total. The first-order valence-corrected chi connectivity index (χ1v) is 11.1. The van der Waals surface area contributed by atoms with Crippen LogP contribution in [0.5, 0.6) is 11.5 Å². The number of imide groups is 1. The Morgan fingerprint density at radius 3 is 2.66 bits per heavy atom. The molecule has 2 aliphatic rings. The number of amides is 2. The molecular weight excluding hydrogens is 430 g/mol. The Kier molecular flexibility index (Phi) is 6.62. The van der Waals surface area contributed by atoms with Crippen molar-refractivity contribution in [1.29, 1.82) is 0 Å². The van der Waals surface area contributed by atoms with Crippen molar-refractivity contribution in [3.8, 4) is 11.5 Å². The SMILES string of the molecule is COCOc1ccc(C=C2CCc3c(CC4SC(=O)NC4=O)cccc3C2=O)cc1OC. The van der Waals surface area contributed by atoms with Gasteiger partial charge in [0.15, 0.2) is 24.1 Å². The second kappa shape index (κ2) is 9.58. The fourth-order valence-corrected chi connectivity index (χ4v) is 4.81. The van der Waals surface area contributed by atoms with Gasteiger partial charge in [0.1, 0.15) is 0 Å². The van der Waals surface area contributed by atoms with Crippen molar-refractivity contribution in [2.75, 3.05) is 21.0 Å². The van der Waals surface area contributed by atoms with Crippen LogP contribution < -0.4 is 14.8 Å². The lowest BCUT2D eigenvalue weighted by atomic mass is 9.82. The summed E-state index contributed by atoms with van der Waals surface area (Å²) in [5.74, 6) is 0.830. The number of ether oxygens (including phenoxy) is 3. The van der Waals surface area contributed by atoms with E-state index in [-0.39, 0.29) is 23.7 Å². The van der Waals surface area contributed by atoms with Crippen LogP contribution in [0.4, 0.5) is 4.79 Å². The first-order chi connectivity index (χ1) is 15.5. The van der Waals surface area contributed by atoms with E-state index in [0.29, 0.717) is 41.9 Å². The average Bonchev–Trinajstić information content (AvgIpc) is 3.11. The number of ketones is 1. The molecule has 1 fully saturated rings. The van der Waals surface area contributed by atoms with Crippen LogP contribution in [-0.4, -0.2) is 43.2 Å². The van der Waals surface area contributed by atoms with Gasteiger partial charge in [-0.3, -0.25) is 19.7 Å². The van der Waals surface area contributed by atoms with Crippen molar-refractivity contribution in [2.24, 2.45) is 0 Å². The number of benzene rings is 2. The van der Waals surface area contributed by atoms with E-state index in [1.807, 2.05) is 36.4 Å². The van der Waals surface area contributed by atoms with Crippen LogP contribution >= 0.6 is 11.8 Å². The van der Waals surface area contributed by atoms with Crippen molar-refractivity contribution in [3.63, 3.8) is 0 Å². The third-order valence-electron chi connectivity index (χ3n) is 5.49. The zero-order chi connectivity index (χ0) is 22.7. The van der Waals surface area contributed by atoms with Gasteiger partial charge in [0, 0.05) is 18.2 Å². The number of methoxy groups -OCH3 is 2. The fraction of sp³-hybridized carbons (Fsp3) is 0.292. The third-order valence-corrected chi connectivity index (χ3v) is 6.47. The molecule has 1 saturated heterocycles. The van der Waals surface area contributed by atoms with Gasteiger partial charge in [-0.05, 0) is 54.2 Å². The van der Waals surface area contributed by atoms with E-state index in [0.717, 1.165) is 28.5 Å². The number of thioether (sulfide) groups is 1. The number of carbonyl (C=O) groups is 3. The van der Waals surface area contributed by atoms with E-state index in [2.05, 4.69) is 5.32 Å². The summed E-state index contributed by atoms with van der Waals surface area (Å²) in [7, 11) is 3.11. The van der Waals surface area contributed by atoms with Crippen LogP contribution in [0.1, 0.15) is 33.5 Å². The summed E-state index contributed by atoms with van der Waals surface area (Å²) >= 11 is 1.01. The zero-order valence-electron chi connectivity index (χ0n) is 17.8. The van der Waals surface area contributed by atoms with Gasteiger partial charge >= 0.3 is 0 Å². The molecular formula is C24H23NO6S. The monoisotopic (exact) mass is 453 g/mol. The fourth-order valence-electron chi connectivity index (χ4n) is 3.96. The normalized spacial score (nSPS) is 19.1. The van der Waals surface area contributed by atoms with Crippen molar-refractivity contribution < 1.29 is 28.6 Å². The van der Waals surface area contributed by atoms with Crippen LogP contribution in [0.2, 0.25) is 0 Å². The summed E-state index contributed by atoms with van der Waals surface area (Å²) in [6, 6.07) is 11.1. The Morgan fingerprint density at radius 2 is 1.94 bits per heavy atom. The maximum absolute atomic E-state index is 13.2.